The van der Waals surface area contributed by atoms with Gasteiger partial charge in [-0.05, 0) is 12.1 Å². The molecule has 108 valence electrons. The van der Waals surface area contributed by atoms with Crippen molar-refractivity contribution < 1.29 is 9.13 Å². The van der Waals surface area contributed by atoms with Gasteiger partial charge in [0.1, 0.15) is 29.3 Å². The maximum Gasteiger partial charge on any atom is 0.224 e. The van der Waals surface area contributed by atoms with Crippen molar-refractivity contribution in [3.8, 4) is 17.7 Å². The number of benzene rings is 1. The third-order valence-corrected chi connectivity index (χ3v) is 2.68. The fourth-order valence-electron chi connectivity index (χ4n) is 1.60. The fourth-order valence-corrected chi connectivity index (χ4v) is 1.60. The van der Waals surface area contributed by atoms with Gasteiger partial charge in [0, 0.05) is 17.5 Å². The second-order valence-electron chi connectivity index (χ2n) is 5.56. The molecule has 0 saturated carbocycles. The molecule has 0 radical (unpaired) electrons. The normalized spacial score (nSPS) is 11.0. The van der Waals surface area contributed by atoms with E-state index >= 15 is 0 Å². The van der Waals surface area contributed by atoms with Crippen molar-refractivity contribution in [1.82, 2.24) is 9.97 Å². The smallest absolute Gasteiger partial charge is 0.224 e. The Morgan fingerprint density at radius 1 is 1.24 bits per heavy atom. The Labute approximate surface area is 122 Å². The maximum absolute atomic E-state index is 13.5. The van der Waals surface area contributed by atoms with Crippen LogP contribution >= 0.6 is 0 Å². The molecule has 0 fully saturated rings. The van der Waals surface area contributed by atoms with Gasteiger partial charge in [0.2, 0.25) is 5.88 Å². The van der Waals surface area contributed by atoms with Crippen LogP contribution in [0.4, 0.5) is 10.2 Å². The van der Waals surface area contributed by atoms with Crippen molar-refractivity contribution in [3.05, 3.63) is 41.5 Å². The van der Waals surface area contributed by atoms with E-state index in [0.29, 0.717) is 5.82 Å². The van der Waals surface area contributed by atoms with Crippen LogP contribution in [0.25, 0.3) is 0 Å². The largest absolute Gasteiger partial charge is 0.439 e. The highest BCUT2D eigenvalue weighted by molar-refractivity contribution is 5.40. The molecule has 1 aromatic heterocycles. The molecule has 1 aromatic carbocycles. The summed E-state index contributed by atoms with van der Waals surface area (Å²) in [7, 11) is 0. The lowest BCUT2D eigenvalue weighted by Gasteiger charge is -2.17. The van der Waals surface area contributed by atoms with Gasteiger partial charge in [-0.2, -0.15) is 10.2 Å². The van der Waals surface area contributed by atoms with Crippen LogP contribution in [0.1, 0.15) is 32.2 Å². The van der Waals surface area contributed by atoms with Crippen molar-refractivity contribution in [3.63, 3.8) is 0 Å². The summed E-state index contributed by atoms with van der Waals surface area (Å²) < 4.78 is 19.0. The monoisotopic (exact) mass is 286 g/mol. The summed E-state index contributed by atoms with van der Waals surface area (Å²) in [5, 5.41) is 8.69. The van der Waals surface area contributed by atoms with Gasteiger partial charge in [-0.3, -0.25) is 0 Å². The quantitative estimate of drug-likeness (QED) is 0.916. The third-order valence-electron chi connectivity index (χ3n) is 2.68. The fraction of sp³-hybridized carbons (Fsp3) is 0.267. The van der Waals surface area contributed by atoms with E-state index in [2.05, 4.69) is 9.97 Å². The van der Waals surface area contributed by atoms with E-state index in [-0.39, 0.29) is 28.4 Å². The second kappa shape index (κ2) is 5.37. The number of hydrogen-bond acceptors (Lipinski definition) is 5. The van der Waals surface area contributed by atoms with Gasteiger partial charge in [-0.15, -0.1) is 0 Å². The minimum atomic E-state index is -0.645. The lowest BCUT2D eigenvalue weighted by atomic mass is 9.96. The first-order valence-corrected chi connectivity index (χ1v) is 6.32. The molecule has 0 aliphatic heterocycles. The summed E-state index contributed by atoms with van der Waals surface area (Å²) >= 11 is 0. The maximum atomic E-state index is 13.5. The number of aromatic nitrogens is 2. The molecule has 0 aliphatic rings. The highest BCUT2D eigenvalue weighted by Crippen LogP contribution is 2.26. The van der Waals surface area contributed by atoms with Gasteiger partial charge in [0.25, 0.3) is 0 Å². The predicted octanol–water partition coefficient (Wildman–Crippen LogP) is 3.16. The van der Waals surface area contributed by atoms with Gasteiger partial charge in [0.05, 0.1) is 5.56 Å². The molecule has 0 bridgehead atoms. The van der Waals surface area contributed by atoms with Gasteiger partial charge < -0.3 is 10.5 Å². The van der Waals surface area contributed by atoms with Crippen LogP contribution in [0, 0.1) is 17.1 Å². The Kier molecular flexibility index (Phi) is 3.76. The number of ether oxygens (including phenoxy) is 1. The zero-order valence-electron chi connectivity index (χ0n) is 12.0. The Bertz CT molecular complexity index is 717. The lowest BCUT2D eigenvalue weighted by molar-refractivity contribution is 0.443. The van der Waals surface area contributed by atoms with E-state index in [1.807, 2.05) is 20.8 Å². The molecule has 6 heteroatoms. The molecule has 21 heavy (non-hydrogen) atoms. The van der Waals surface area contributed by atoms with E-state index in [0.717, 1.165) is 6.07 Å². The summed E-state index contributed by atoms with van der Waals surface area (Å²) in [6.45, 7) is 5.85. The van der Waals surface area contributed by atoms with Crippen LogP contribution < -0.4 is 10.5 Å². The van der Waals surface area contributed by atoms with E-state index in [1.54, 1.807) is 6.07 Å². The molecule has 5 nitrogen and oxygen atoms in total. The standard InChI is InChI=1S/C15H15FN4O/c1-15(2,3)14-19-12(18)7-13(20-14)21-10-5-4-9(8-17)11(16)6-10/h4-7H,1-3H3,(H2,18,19,20). The molecule has 2 aromatic rings. The minimum Gasteiger partial charge on any atom is -0.439 e. The van der Waals surface area contributed by atoms with Crippen LogP contribution in [-0.2, 0) is 5.41 Å². The molecular formula is C15H15FN4O. The molecule has 0 atom stereocenters. The van der Waals surface area contributed by atoms with Crippen molar-refractivity contribution >= 4 is 5.82 Å². The van der Waals surface area contributed by atoms with Gasteiger partial charge in [-0.1, -0.05) is 20.8 Å². The SMILES string of the molecule is CC(C)(C)c1nc(N)cc(Oc2ccc(C#N)c(F)c2)n1. The van der Waals surface area contributed by atoms with Gasteiger partial charge >= 0.3 is 0 Å². The van der Waals surface area contributed by atoms with E-state index in [4.69, 9.17) is 15.7 Å². The lowest BCUT2D eigenvalue weighted by Crippen LogP contribution is -2.17. The first kappa shape index (κ1) is 14.7. The molecule has 0 aliphatic carbocycles. The summed E-state index contributed by atoms with van der Waals surface area (Å²) in [5.41, 5.74) is 5.41. The van der Waals surface area contributed by atoms with Crippen LogP contribution in [0.3, 0.4) is 0 Å². The zero-order valence-corrected chi connectivity index (χ0v) is 12.0. The molecular weight excluding hydrogens is 271 g/mol. The second-order valence-corrected chi connectivity index (χ2v) is 5.56. The Balaban J connectivity index is 2.34. The van der Waals surface area contributed by atoms with Crippen molar-refractivity contribution in [2.75, 3.05) is 5.73 Å². The Hall–Kier alpha value is -2.68. The van der Waals surface area contributed by atoms with Crippen molar-refractivity contribution in [1.29, 1.82) is 5.26 Å². The third kappa shape index (κ3) is 3.45. The first-order valence-electron chi connectivity index (χ1n) is 6.32. The number of hydrogen-bond donors (Lipinski definition) is 1. The van der Waals surface area contributed by atoms with Crippen LogP contribution in [0.5, 0.6) is 11.6 Å². The van der Waals surface area contributed by atoms with E-state index in [1.165, 1.54) is 18.2 Å². The number of nitrogen functional groups attached to an aromatic ring is 1. The highest BCUT2D eigenvalue weighted by atomic mass is 19.1. The van der Waals surface area contributed by atoms with Crippen LogP contribution in [-0.4, -0.2) is 9.97 Å². The highest BCUT2D eigenvalue weighted by Gasteiger charge is 2.19. The average molecular weight is 286 g/mol. The van der Waals surface area contributed by atoms with Crippen molar-refractivity contribution in [2.24, 2.45) is 0 Å². The number of halogens is 1. The molecule has 0 spiro atoms. The number of nitriles is 1. The van der Waals surface area contributed by atoms with E-state index in [9.17, 15) is 4.39 Å². The number of nitrogens with two attached hydrogens (primary N) is 1. The topological polar surface area (TPSA) is 84.8 Å². The molecule has 0 amide bonds. The number of rotatable bonds is 2. The average Bonchev–Trinajstić information content (AvgIpc) is 2.37. The summed E-state index contributed by atoms with van der Waals surface area (Å²) in [5.74, 6) is 0.639. The molecule has 2 rings (SSSR count). The molecule has 2 N–H and O–H groups in total. The molecule has 0 unspecified atom stereocenters. The first-order chi connectivity index (χ1) is 9.79. The molecule has 0 saturated heterocycles. The van der Waals surface area contributed by atoms with Crippen LogP contribution in [0.2, 0.25) is 0 Å². The van der Waals surface area contributed by atoms with Gasteiger partial charge in [0.15, 0.2) is 0 Å². The summed E-state index contributed by atoms with van der Waals surface area (Å²) in [4.78, 5) is 8.43. The summed E-state index contributed by atoms with van der Waals surface area (Å²) in [6, 6.07) is 7.19. The van der Waals surface area contributed by atoms with Crippen molar-refractivity contribution in [2.45, 2.75) is 26.2 Å². The summed E-state index contributed by atoms with van der Waals surface area (Å²) in [6.07, 6.45) is 0. The number of nitrogens with zero attached hydrogens (tertiary/aromatic N) is 3. The Morgan fingerprint density at radius 2 is 1.95 bits per heavy atom. The molecule has 1 heterocycles. The minimum absolute atomic E-state index is 0.0417. The van der Waals surface area contributed by atoms with E-state index < -0.39 is 5.82 Å². The Morgan fingerprint density at radius 3 is 2.52 bits per heavy atom. The predicted molar refractivity (Wildman–Crippen MR) is 76.3 cm³/mol. The van der Waals surface area contributed by atoms with Crippen LogP contribution in [0.15, 0.2) is 24.3 Å². The van der Waals surface area contributed by atoms with Gasteiger partial charge in [-0.25, -0.2) is 9.37 Å². The number of anilines is 1. The zero-order chi connectivity index (χ0) is 15.6.